The Kier molecular flexibility index (Phi) is 5.58. The van der Waals surface area contributed by atoms with E-state index in [2.05, 4.69) is 12.2 Å². The van der Waals surface area contributed by atoms with Crippen LogP contribution in [0.2, 0.25) is 0 Å². The standard InChI is InChI=1S/C19H22N2O3/c1-4-6-13-9-10-17(22)16(11-13)18(23)20-15-8-5-7-14(12-15)19(24)21(2)3/h5,7-12,22H,4,6H2,1-3H3,(H,20,23). The summed E-state index contributed by atoms with van der Waals surface area (Å²) in [5, 5.41) is 12.7. The zero-order chi connectivity index (χ0) is 17.7. The molecule has 0 spiro atoms. The molecule has 0 atom stereocenters. The normalized spacial score (nSPS) is 10.3. The van der Waals surface area contributed by atoms with Gasteiger partial charge in [-0.3, -0.25) is 9.59 Å². The minimum atomic E-state index is -0.403. The van der Waals surface area contributed by atoms with Gasteiger partial charge in [0.25, 0.3) is 11.8 Å². The summed E-state index contributed by atoms with van der Waals surface area (Å²) in [6.07, 6.45) is 1.80. The van der Waals surface area contributed by atoms with Crippen LogP contribution in [0, 0.1) is 0 Å². The van der Waals surface area contributed by atoms with E-state index in [9.17, 15) is 14.7 Å². The molecule has 2 rings (SSSR count). The van der Waals surface area contributed by atoms with Gasteiger partial charge in [0, 0.05) is 25.3 Å². The molecular weight excluding hydrogens is 304 g/mol. The van der Waals surface area contributed by atoms with Crippen LogP contribution in [0.3, 0.4) is 0 Å². The molecule has 2 aromatic rings. The maximum absolute atomic E-state index is 12.4. The summed E-state index contributed by atoms with van der Waals surface area (Å²) >= 11 is 0. The highest BCUT2D eigenvalue weighted by atomic mass is 16.3. The summed E-state index contributed by atoms with van der Waals surface area (Å²) in [7, 11) is 3.34. The Bertz CT molecular complexity index is 754. The fourth-order valence-electron chi connectivity index (χ4n) is 2.40. The molecular formula is C19H22N2O3. The van der Waals surface area contributed by atoms with Gasteiger partial charge in [-0.05, 0) is 42.3 Å². The second-order valence-electron chi connectivity index (χ2n) is 5.84. The van der Waals surface area contributed by atoms with Crippen molar-refractivity contribution in [2.45, 2.75) is 19.8 Å². The third-order valence-corrected chi connectivity index (χ3v) is 3.62. The predicted octanol–water partition coefficient (Wildman–Crippen LogP) is 3.30. The van der Waals surface area contributed by atoms with Crippen molar-refractivity contribution >= 4 is 17.5 Å². The minimum absolute atomic E-state index is 0.0622. The first-order valence-electron chi connectivity index (χ1n) is 7.87. The van der Waals surface area contributed by atoms with Crippen molar-refractivity contribution in [3.63, 3.8) is 0 Å². The number of aromatic hydroxyl groups is 1. The molecule has 0 saturated heterocycles. The first kappa shape index (κ1) is 17.5. The number of hydrogen-bond acceptors (Lipinski definition) is 3. The van der Waals surface area contributed by atoms with Gasteiger partial charge in [-0.25, -0.2) is 0 Å². The quantitative estimate of drug-likeness (QED) is 0.886. The number of aryl methyl sites for hydroxylation is 1. The van der Waals surface area contributed by atoms with E-state index in [1.54, 1.807) is 44.4 Å². The van der Waals surface area contributed by atoms with Crippen molar-refractivity contribution in [3.05, 3.63) is 59.2 Å². The van der Waals surface area contributed by atoms with Gasteiger partial charge in [0.15, 0.2) is 0 Å². The van der Waals surface area contributed by atoms with Crippen LogP contribution in [0.5, 0.6) is 5.75 Å². The lowest BCUT2D eigenvalue weighted by atomic mass is 10.1. The number of nitrogens with zero attached hydrogens (tertiary/aromatic N) is 1. The van der Waals surface area contributed by atoms with Crippen LogP contribution >= 0.6 is 0 Å². The van der Waals surface area contributed by atoms with Gasteiger partial charge in [-0.1, -0.05) is 25.5 Å². The summed E-state index contributed by atoms with van der Waals surface area (Å²) in [6, 6.07) is 11.8. The Morgan fingerprint density at radius 1 is 1.12 bits per heavy atom. The Labute approximate surface area is 141 Å². The lowest BCUT2D eigenvalue weighted by molar-refractivity contribution is 0.0827. The second kappa shape index (κ2) is 7.64. The highest BCUT2D eigenvalue weighted by molar-refractivity contribution is 6.06. The molecule has 0 aromatic heterocycles. The van der Waals surface area contributed by atoms with Gasteiger partial charge in [-0.2, -0.15) is 0 Å². The molecule has 0 saturated carbocycles. The molecule has 0 bridgehead atoms. The van der Waals surface area contributed by atoms with Crippen LogP contribution in [0.25, 0.3) is 0 Å². The average molecular weight is 326 g/mol. The number of amides is 2. The number of rotatable bonds is 5. The fraction of sp³-hybridized carbons (Fsp3) is 0.263. The maximum Gasteiger partial charge on any atom is 0.259 e. The Morgan fingerprint density at radius 3 is 2.54 bits per heavy atom. The number of phenolic OH excluding ortho intramolecular Hbond substituents is 1. The lowest BCUT2D eigenvalue weighted by Gasteiger charge is -2.12. The van der Waals surface area contributed by atoms with Gasteiger partial charge in [-0.15, -0.1) is 0 Å². The van der Waals surface area contributed by atoms with Crippen molar-refractivity contribution in [1.82, 2.24) is 4.90 Å². The van der Waals surface area contributed by atoms with E-state index in [0.29, 0.717) is 11.3 Å². The maximum atomic E-state index is 12.4. The summed E-state index contributed by atoms with van der Waals surface area (Å²) in [5.74, 6) is -0.605. The van der Waals surface area contributed by atoms with E-state index in [1.807, 2.05) is 6.07 Å². The molecule has 5 nitrogen and oxygen atoms in total. The van der Waals surface area contributed by atoms with E-state index in [0.717, 1.165) is 18.4 Å². The molecule has 2 N–H and O–H groups in total. The molecule has 5 heteroatoms. The third-order valence-electron chi connectivity index (χ3n) is 3.62. The fourth-order valence-corrected chi connectivity index (χ4v) is 2.40. The van der Waals surface area contributed by atoms with Crippen molar-refractivity contribution < 1.29 is 14.7 Å². The minimum Gasteiger partial charge on any atom is -0.507 e. The number of phenols is 1. The van der Waals surface area contributed by atoms with E-state index >= 15 is 0 Å². The Balaban J connectivity index is 2.22. The van der Waals surface area contributed by atoms with Crippen LogP contribution in [0.15, 0.2) is 42.5 Å². The molecule has 0 heterocycles. The smallest absolute Gasteiger partial charge is 0.259 e. The van der Waals surface area contributed by atoms with Gasteiger partial charge >= 0.3 is 0 Å². The van der Waals surface area contributed by atoms with Crippen LogP contribution in [0.1, 0.15) is 39.6 Å². The Morgan fingerprint density at radius 2 is 1.88 bits per heavy atom. The SMILES string of the molecule is CCCc1ccc(O)c(C(=O)Nc2cccc(C(=O)N(C)C)c2)c1. The van der Waals surface area contributed by atoms with Gasteiger partial charge in [0.05, 0.1) is 5.56 Å². The molecule has 0 radical (unpaired) electrons. The number of carbonyl (C=O) groups excluding carboxylic acids is 2. The zero-order valence-corrected chi connectivity index (χ0v) is 14.2. The van der Waals surface area contributed by atoms with Crippen molar-refractivity contribution in [3.8, 4) is 5.75 Å². The number of anilines is 1. The summed E-state index contributed by atoms with van der Waals surface area (Å²) in [6.45, 7) is 2.06. The number of benzene rings is 2. The first-order chi connectivity index (χ1) is 11.4. The molecule has 24 heavy (non-hydrogen) atoms. The van der Waals surface area contributed by atoms with E-state index < -0.39 is 5.91 Å². The summed E-state index contributed by atoms with van der Waals surface area (Å²) < 4.78 is 0. The lowest BCUT2D eigenvalue weighted by Crippen LogP contribution is -2.22. The summed E-state index contributed by atoms with van der Waals surface area (Å²) in [4.78, 5) is 25.9. The van der Waals surface area contributed by atoms with Crippen LogP contribution in [-0.4, -0.2) is 35.9 Å². The number of nitrogens with one attached hydrogen (secondary N) is 1. The molecule has 0 unspecified atom stereocenters. The molecule has 2 amide bonds. The average Bonchev–Trinajstić information content (AvgIpc) is 2.56. The number of carbonyl (C=O) groups is 2. The zero-order valence-electron chi connectivity index (χ0n) is 14.2. The van der Waals surface area contributed by atoms with Crippen molar-refractivity contribution in [2.75, 3.05) is 19.4 Å². The molecule has 0 aliphatic heterocycles. The van der Waals surface area contributed by atoms with E-state index in [1.165, 1.54) is 11.0 Å². The second-order valence-corrected chi connectivity index (χ2v) is 5.84. The highest BCUT2D eigenvalue weighted by Crippen LogP contribution is 2.21. The van der Waals surface area contributed by atoms with Crippen molar-refractivity contribution in [1.29, 1.82) is 0 Å². The van der Waals surface area contributed by atoms with Crippen LogP contribution < -0.4 is 5.32 Å². The van der Waals surface area contributed by atoms with Gasteiger partial charge < -0.3 is 15.3 Å². The molecule has 2 aromatic carbocycles. The van der Waals surface area contributed by atoms with Crippen LogP contribution in [0.4, 0.5) is 5.69 Å². The molecule has 0 aliphatic rings. The first-order valence-corrected chi connectivity index (χ1v) is 7.87. The van der Waals surface area contributed by atoms with Crippen LogP contribution in [-0.2, 0) is 6.42 Å². The third kappa shape index (κ3) is 4.13. The topological polar surface area (TPSA) is 69.6 Å². The van der Waals surface area contributed by atoms with E-state index in [-0.39, 0.29) is 17.2 Å². The number of hydrogen-bond donors (Lipinski definition) is 2. The largest absolute Gasteiger partial charge is 0.507 e. The molecule has 126 valence electrons. The highest BCUT2D eigenvalue weighted by Gasteiger charge is 2.14. The molecule has 0 fully saturated rings. The van der Waals surface area contributed by atoms with Gasteiger partial charge in [0.2, 0.25) is 0 Å². The summed E-state index contributed by atoms with van der Waals surface area (Å²) in [5.41, 5.74) is 2.22. The Hall–Kier alpha value is -2.82. The monoisotopic (exact) mass is 326 g/mol. The molecule has 0 aliphatic carbocycles. The van der Waals surface area contributed by atoms with Gasteiger partial charge in [0.1, 0.15) is 5.75 Å². The predicted molar refractivity (Wildman–Crippen MR) is 94.5 cm³/mol. The van der Waals surface area contributed by atoms with Crippen molar-refractivity contribution in [2.24, 2.45) is 0 Å². The van der Waals surface area contributed by atoms with E-state index in [4.69, 9.17) is 0 Å².